The van der Waals surface area contributed by atoms with Crippen LogP contribution in [0, 0.1) is 6.92 Å². The lowest BCUT2D eigenvalue weighted by molar-refractivity contribution is -0.132. The zero-order chi connectivity index (χ0) is 23.4. The Morgan fingerprint density at radius 3 is 2.70 bits per heavy atom. The van der Waals surface area contributed by atoms with Gasteiger partial charge in [0.2, 0.25) is 15.9 Å². The van der Waals surface area contributed by atoms with Gasteiger partial charge in [0.05, 0.1) is 12.8 Å². The number of likely N-dealkylation sites (tertiary alicyclic amines) is 1. The first-order valence-corrected chi connectivity index (χ1v) is 13.2. The number of thiazole rings is 1. The zero-order valence-electron chi connectivity index (χ0n) is 18.8. The molecule has 2 aromatic heterocycles. The Kier molecular flexibility index (Phi) is 7.16. The van der Waals surface area contributed by atoms with Gasteiger partial charge in [-0.25, -0.2) is 18.1 Å². The van der Waals surface area contributed by atoms with Crippen LogP contribution in [0.2, 0.25) is 0 Å². The van der Waals surface area contributed by atoms with Crippen LogP contribution in [0.4, 0.5) is 0 Å². The lowest BCUT2D eigenvalue weighted by atomic mass is 10.1. The lowest BCUT2D eigenvalue weighted by Crippen LogP contribution is -2.37. The summed E-state index contributed by atoms with van der Waals surface area (Å²) in [6.07, 6.45) is 4.67. The molecule has 0 saturated carbocycles. The standard InChI is InChI=1S/C23H28N4O4S2/c1-17-16-32-23(25-17)21-12-20(14-27(21)15-22(28)26-9-4-3-5-10-26)33(29,30)24-13-18-7-6-8-19(11-18)31-2/h6-8,11-12,14,16,24H,3-5,9-10,13,15H2,1-2H3. The van der Waals surface area contributed by atoms with Crippen molar-refractivity contribution in [2.45, 2.75) is 44.2 Å². The van der Waals surface area contributed by atoms with Gasteiger partial charge in [0.25, 0.3) is 0 Å². The highest BCUT2D eigenvalue weighted by molar-refractivity contribution is 7.89. The van der Waals surface area contributed by atoms with E-state index in [2.05, 4.69) is 9.71 Å². The van der Waals surface area contributed by atoms with Crippen LogP contribution in [-0.2, 0) is 27.9 Å². The molecule has 1 aliphatic rings. The third kappa shape index (κ3) is 5.63. The zero-order valence-corrected chi connectivity index (χ0v) is 20.4. The predicted octanol–water partition coefficient (Wildman–Crippen LogP) is 3.42. The molecule has 0 aliphatic carbocycles. The van der Waals surface area contributed by atoms with E-state index in [-0.39, 0.29) is 23.9 Å². The second-order valence-corrected chi connectivity index (χ2v) is 10.7. The van der Waals surface area contributed by atoms with Gasteiger partial charge < -0.3 is 14.2 Å². The van der Waals surface area contributed by atoms with E-state index in [0.29, 0.717) is 16.5 Å². The van der Waals surface area contributed by atoms with Crippen LogP contribution < -0.4 is 9.46 Å². The summed E-state index contributed by atoms with van der Waals surface area (Å²) in [6, 6.07) is 8.83. The van der Waals surface area contributed by atoms with E-state index >= 15 is 0 Å². The summed E-state index contributed by atoms with van der Waals surface area (Å²) in [4.78, 5) is 19.4. The van der Waals surface area contributed by atoms with Crippen LogP contribution >= 0.6 is 11.3 Å². The summed E-state index contributed by atoms with van der Waals surface area (Å²) in [7, 11) is -2.23. The van der Waals surface area contributed by atoms with Crippen LogP contribution in [0.5, 0.6) is 5.75 Å². The van der Waals surface area contributed by atoms with E-state index in [9.17, 15) is 13.2 Å². The van der Waals surface area contributed by atoms with Crippen molar-refractivity contribution >= 4 is 27.3 Å². The highest BCUT2D eigenvalue weighted by Crippen LogP contribution is 2.28. The van der Waals surface area contributed by atoms with E-state index < -0.39 is 10.0 Å². The molecule has 0 radical (unpaired) electrons. The molecule has 1 aliphatic heterocycles. The summed E-state index contributed by atoms with van der Waals surface area (Å²) in [5.41, 5.74) is 2.26. The van der Waals surface area contributed by atoms with Crippen LogP contribution in [0.3, 0.4) is 0 Å². The van der Waals surface area contributed by atoms with Gasteiger partial charge >= 0.3 is 0 Å². The molecule has 1 aromatic carbocycles. The van der Waals surface area contributed by atoms with Gasteiger partial charge in [-0.05, 0) is 49.9 Å². The largest absolute Gasteiger partial charge is 0.497 e. The van der Waals surface area contributed by atoms with Crippen molar-refractivity contribution in [1.29, 1.82) is 0 Å². The van der Waals surface area contributed by atoms with Gasteiger partial charge in [-0.3, -0.25) is 4.79 Å². The van der Waals surface area contributed by atoms with E-state index in [1.54, 1.807) is 29.9 Å². The van der Waals surface area contributed by atoms with Gasteiger partial charge in [0, 0.05) is 36.9 Å². The first-order valence-electron chi connectivity index (χ1n) is 10.9. The number of aromatic nitrogens is 2. The van der Waals surface area contributed by atoms with Gasteiger partial charge in [0.1, 0.15) is 22.2 Å². The molecular weight excluding hydrogens is 460 g/mol. The maximum atomic E-state index is 13.1. The Labute approximate surface area is 198 Å². The number of methoxy groups -OCH3 is 1. The number of amides is 1. The number of carbonyl (C=O) groups excluding carboxylic acids is 1. The first kappa shape index (κ1) is 23.5. The molecule has 0 atom stereocenters. The smallest absolute Gasteiger partial charge is 0.242 e. The van der Waals surface area contributed by atoms with Crippen LogP contribution in [0.25, 0.3) is 10.7 Å². The molecule has 0 unspecified atom stereocenters. The second kappa shape index (κ2) is 10.1. The van der Waals surface area contributed by atoms with Gasteiger partial charge in [-0.2, -0.15) is 0 Å². The second-order valence-electron chi connectivity index (χ2n) is 8.10. The highest BCUT2D eigenvalue weighted by atomic mass is 32.2. The number of benzene rings is 1. The minimum absolute atomic E-state index is 0.00637. The number of nitrogens with one attached hydrogen (secondary N) is 1. The molecule has 8 nitrogen and oxygen atoms in total. The van der Waals surface area contributed by atoms with Crippen LogP contribution in [-0.4, -0.2) is 49.0 Å². The summed E-state index contributed by atoms with van der Waals surface area (Å²) < 4.78 is 35.7. The third-order valence-electron chi connectivity index (χ3n) is 5.63. The average molecular weight is 489 g/mol. The number of sulfonamides is 1. The molecular formula is C23H28N4O4S2. The van der Waals surface area contributed by atoms with Crippen molar-refractivity contribution in [3.05, 3.63) is 53.2 Å². The lowest BCUT2D eigenvalue weighted by Gasteiger charge is -2.27. The van der Waals surface area contributed by atoms with E-state index in [1.807, 2.05) is 29.3 Å². The summed E-state index contributed by atoms with van der Waals surface area (Å²) in [6.45, 7) is 3.60. The predicted molar refractivity (Wildman–Crippen MR) is 128 cm³/mol. The number of ether oxygens (including phenoxy) is 1. The quantitative estimate of drug-likeness (QED) is 0.524. The summed E-state index contributed by atoms with van der Waals surface area (Å²) >= 11 is 1.43. The average Bonchev–Trinajstić information content (AvgIpc) is 3.45. The van der Waals surface area contributed by atoms with Crippen molar-refractivity contribution in [3.8, 4) is 16.5 Å². The fourth-order valence-electron chi connectivity index (χ4n) is 3.85. The molecule has 0 spiro atoms. The first-order chi connectivity index (χ1) is 15.9. The van der Waals surface area contributed by atoms with Gasteiger partial charge in [-0.1, -0.05) is 12.1 Å². The Morgan fingerprint density at radius 2 is 2.00 bits per heavy atom. The molecule has 0 bridgehead atoms. The Morgan fingerprint density at radius 1 is 1.21 bits per heavy atom. The van der Waals surface area contributed by atoms with E-state index in [0.717, 1.165) is 43.6 Å². The van der Waals surface area contributed by atoms with E-state index in [1.165, 1.54) is 17.5 Å². The fourth-order valence-corrected chi connectivity index (χ4v) is 5.73. The monoisotopic (exact) mass is 488 g/mol. The minimum atomic E-state index is -3.80. The number of nitrogens with zero attached hydrogens (tertiary/aromatic N) is 3. The molecule has 176 valence electrons. The minimum Gasteiger partial charge on any atom is -0.497 e. The van der Waals surface area contributed by atoms with Crippen LogP contribution in [0.1, 0.15) is 30.5 Å². The van der Waals surface area contributed by atoms with E-state index in [4.69, 9.17) is 4.74 Å². The molecule has 1 amide bonds. The van der Waals surface area contributed by atoms with Crippen molar-refractivity contribution in [2.75, 3.05) is 20.2 Å². The van der Waals surface area contributed by atoms with Crippen molar-refractivity contribution in [3.63, 3.8) is 0 Å². The molecule has 1 fully saturated rings. The molecule has 4 rings (SSSR count). The Balaban J connectivity index is 1.58. The van der Waals surface area contributed by atoms with Crippen molar-refractivity contribution in [2.24, 2.45) is 0 Å². The summed E-state index contributed by atoms with van der Waals surface area (Å²) in [5.74, 6) is 0.656. The third-order valence-corrected chi connectivity index (χ3v) is 7.99. The maximum absolute atomic E-state index is 13.1. The summed E-state index contributed by atoms with van der Waals surface area (Å²) in [5, 5.41) is 2.60. The normalized spacial score (nSPS) is 14.4. The van der Waals surface area contributed by atoms with Crippen LogP contribution in [0.15, 0.2) is 46.8 Å². The maximum Gasteiger partial charge on any atom is 0.242 e. The number of rotatable bonds is 8. The molecule has 1 saturated heterocycles. The number of hydrogen-bond donors (Lipinski definition) is 1. The number of piperidine rings is 1. The SMILES string of the molecule is COc1cccc(CNS(=O)(=O)c2cc(-c3nc(C)cs3)n(CC(=O)N3CCCCC3)c2)c1. The fraction of sp³-hybridized carbons (Fsp3) is 0.391. The molecule has 10 heteroatoms. The van der Waals surface area contributed by atoms with Crippen molar-refractivity contribution < 1.29 is 17.9 Å². The molecule has 33 heavy (non-hydrogen) atoms. The Bertz CT molecular complexity index is 1230. The van der Waals surface area contributed by atoms with Gasteiger partial charge in [-0.15, -0.1) is 11.3 Å². The number of aryl methyl sites for hydroxylation is 1. The molecule has 1 N–H and O–H groups in total. The molecule has 3 aromatic rings. The van der Waals surface area contributed by atoms with Gasteiger partial charge in [0.15, 0.2) is 0 Å². The Hall–Kier alpha value is -2.69. The number of carbonyl (C=O) groups is 1. The highest BCUT2D eigenvalue weighted by Gasteiger charge is 2.23. The number of hydrogen-bond acceptors (Lipinski definition) is 6. The molecule has 3 heterocycles. The van der Waals surface area contributed by atoms with Crippen molar-refractivity contribution in [1.82, 2.24) is 19.2 Å². The topological polar surface area (TPSA) is 93.5 Å².